The van der Waals surface area contributed by atoms with Gasteiger partial charge in [0, 0.05) is 6.04 Å². The molecule has 0 bridgehead atoms. The van der Waals surface area contributed by atoms with Gasteiger partial charge in [0.05, 0.1) is 6.61 Å². The largest absolute Gasteiger partial charge is 0.494 e. The maximum absolute atomic E-state index is 6.43. The van der Waals surface area contributed by atoms with Crippen molar-refractivity contribution in [3.63, 3.8) is 0 Å². The summed E-state index contributed by atoms with van der Waals surface area (Å²) in [6.45, 7) is 5.19. The fourth-order valence-electron chi connectivity index (χ4n) is 3.09. The summed E-state index contributed by atoms with van der Waals surface area (Å²) in [5, 5.41) is 0. The van der Waals surface area contributed by atoms with E-state index in [0.29, 0.717) is 5.92 Å². The highest BCUT2D eigenvalue weighted by molar-refractivity contribution is 5.29. The number of hydrogen-bond acceptors (Lipinski definition) is 2. The van der Waals surface area contributed by atoms with E-state index < -0.39 is 0 Å². The molecule has 3 unspecified atom stereocenters. The third kappa shape index (κ3) is 3.73. The van der Waals surface area contributed by atoms with Gasteiger partial charge < -0.3 is 10.5 Å². The summed E-state index contributed by atoms with van der Waals surface area (Å²) >= 11 is 0. The molecule has 3 atom stereocenters. The average Bonchev–Trinajstić information content (AvgIpc) is 2.94. The molecule has 0 aromatic heterocycles. The lowest BCUT2D eigenvalue weighted by molar-refractivity contribution is 0.317. The predicted molar refractivity (Wildman–Crippen MR) is 80.3 cm³/mol. The van der Waals surface area contributed by atoms with E-state index in [2.05, 4.69) is 38.1 Å². The molecule has 1 aliphatic rings. The molecule has 1 aromatic rings. The predicted octanol–water partition coefficient (Wildman–Crippen LogP) is 4.30. The second-order valence-corrected chi connectivity index (χ2v) is 5.79. The summed E-state index contributed by atoms with van der Waals surface area (Å²) in [5.74, 6) is 2.51. The van der Waals surface area contributed by atoms with Gasteiger partial charge in [-0.3, -0.25) is 0 Å². The van der Waals surface area contributed by atoms with Gasteiger partial charge in [0.2, 0.25) is 0 Å². The summed E-state index contributed by atoms with van der Waals surface area (Å²) in [4.78, 5) is 0. The Labute approximate surface area is 117 Å². The number of ether oxygens (including phenoxy) is 1. The van der Waals surface area contributed by atoms with Gasteiger partial charge in [-0.05, 0) is 48.8 Å². The summed E-state index contributed by atoms with van der Waals surface area (Å²) in [7, 11) is 0. The molecule has 1 aliphatic carbocycles. The van der Waals surface area contributed by atoms with Gasteiger partial charge in [-0.2, -0.15) is 0 Å². The van der Waals surface area contributed by atoms with Crippen LogP contribution in [0.4, 0.5) is 0 Å². The summed E-state index contributed by atoms with van der Waals surface area (Å²) < 4.78 is 5.61. The van der Waals surface area contributed by atoms with E-state index >= 15 is 0 Å². The van der Waals surface area contributed by atoms with Crippen molar-refractivity contribution >= 4 is 0 Å². The molecule has 0 saturated heterocycles. The van der Waals surface area contributed by atoms with Crippen LogP contribution in [0.2, 0.25) is 0 Å². The van der Waals surface area contributed by atoms with Gasteiger partial charge >= 0.3 is 0 Å². The minimum absolute atomic E-state index is 0.191. The Morgan fingerprint density at radius 3 is 2.53 bits per heavy atom. The summed E-state index contributed by atoms with van der Waals surface area (Å²) in [5.41, 5.74) is 7.68. The summed E-state index contributed by atoms with van der Waals surface area (Å²) in [6, 6.07) is 8.56. The first-order valence-corrected chi connectivity index (χ1v) is 7.72. The van der Waals surface area contributed by atoms with Gasteiger partial charge in [-0.1, -0.05) is 38.8 Å². The SMILES string of the molecule is CCCOc1ccc(C(N)C2CCC(CC)C2)cc1. The quantitative estimate of drug-likeness (QED) is 0.828. The zero-order valence-corrected chi connectivity index (χ0v) is 12.3. The van der Waals surface area contributed by atoms with E-state index in [1.807, 2.05) is 0 Å². The minimum atomic E-state index is 0.191. The molecular formula is C17H27NO. The smallest absolute Gasteiger partial charge is 0.119 e. The number of rotatable bonds is 6. The van der Waals surface area contributed by atoms with Gasteiger partial charge in [0.1, 0.15) is 5.75 Å². The third-order valence-corrected chi connectivity index (χ3v) is 4.40. The van der Waals surface area contributed by atoms with E-state index in [1.54, 1.807) is 0 Å². The second kappa shape index (κ2) is 6.95. The molecule has 19 heavy (non-hydrogen) atoms. The Morgan fingerprint density at radius 2 is 1.95 bits per heavy atom. The third-order valence-electron chi connectivity index (χ3n) is 4.40. The van der Waals surface area contributed by atoms with Crippen molar-refractivity contribution in [2.24, 2.45) is 17.6 Å². The molecule has 2 heteroatoms. The van der Waals surface area contributed by atoms with Crippen LogP contribution in [0.3, 0.4) is 0 Å². The molecule has 0 aliphatic heterocycles. The van der Waals surface area contributed by atoms with Crippen LogP contribution in [-0.2, 0) is 0 Å². The molecule has 2 N–H and O–H groups in total. The molecular weight excluding hydrogens is 234 g/mol. The van der Waals surface area contributed by atoms with E-state index in [0.717, 1.165) is 24.7 Å². The Balaban J connectivity index is 1.94. The van der Waals surface area contributed by atoms with Crippen LogP contribution in [0.25, 0.3) is 0 Å². The topological polar surface area (TPSA) is 35.2 Å². The normalized spacial score (nSPS) is 24.4. The van der Waals surface area contributed by atoms with Crippen molar-refractivity contribution < 1.29 is 4.74 Å². The van der Waals surface area contributed by atoms with Crippen LogP contribution < -0.4 is 10.5 Å². The van der Waals surface area contributed by atoms with Crippen molar-refractivity contribution in [2.45, 2.75) is 52.0 Å². The van der Waals surface area contributed by atoms with E-state index in [9.17, 15) is 0 Å². The Kier molecular flexibility index (Phi) is 5.26. The van der Waals surface area contributed by atoms with Crippen molar-refractivity contribution in [2.75, 3.05) is 6.61 Å². The van der Waals surface area contributed by atoms with Crippen molar-refractivity contribution in [1.82, 2.24) is 0 Å². The average molecular weight is 261 g/mol. The van der Waals surface area contributed by atoms with Crippen molar-refractivity contribution in [3.8, 4) is 5.75 Å². The van der Waals surface area contributed by atoms with Crippen molar-refractivity contribution in [3.05, 3.63) is 29.8 Å². The highest BCUT2D eigenvalue weighted by atomic mass is 16.5. The van der Waals surface area contributed by atoms with E-state index in [4.69, 9.17) is 10.5 Å². The van der Waals surface area contributed by atoms with Crippen LogP contribution in [-0.4, -0.2) is 6.61 Å². The van der Waals surface area contributed by atoms with Crippen LogP contribution >= 0.6 is 0 Å². The first-order chi connectivity index (χ1) is 9.24. The molecule has 2 nitrogen and oxygen atoms in total. The van der Waals surface area contributed by atoms with Crippen LogP contribution in [0.5, 0.6) is 5.75 Å². The minimum Gasteiger partial charge on any atom is -0.494 e. The maximum Gasteiger partial charge on any atom is 0.119 e. The Bertz CT molecular complexity index is 373. The standard InChI is InChI=1S/C17H27NO/c1-3-11-19-16-9-7-14(8-10-16)17(18)15-6-5-13(4-2)12-15/h7-10,13,15,17H,3-6,11-12,18H2,1-2H3. The lowest BCUT2D eigenvalue weighted by Crippen LogP contribution is -2.19. The fraction of sp³-hybridized carbons (Fsp3) is 0.647. The number of benzene rings is 1. The molecule has 0 amide bonds. The molecule has 1 aromatic carbocycles. The lowest BCUT2D eigenvalue weighted by Gasteiger charge is -2.20. The fourth-order valence-corrected chi connectivity index (χ4v) is 3.09. The second-order valence-electron chi connectivity index (χ2n) is 5.79. The van der Waals surface area contributed by atoms with E-state index in [-0.39, 0.29) is 6.04 Å². The van der Waals surface area contributed by atoms with Gasteiger partial charge in [-0.15, -0.1) is 0 Å². The Hall–Kier alpha value is -1.02. The zero-order valence-electron chi connectivity index (χ0n) is 12.3. The molecule has 0 spiro atoms. The summed E-state index contributed by atoms with van der Waals surface area (Å²) in [6.07, 6.45) is 6.28. The first-order valence-electron chi connectivity index (χ1n) is 7.72. The zero-order chi connectivity index (χ0) is 13.7. The number of hydrogen-bond donors (Lipinski definition) is 1. The number of nitrogens with two attached hydrogens (primary N) is 1. The Morgan fingerprint density at radius 1 is 1.21 bits per heavy atom. The molecule has 1 fully saturated rings. The van der Waals surface area contributed by atoms with Gasteiger partial charge in [-0.25, -0.2) is 0 Å². The lowest BCUT2D eigenvalue weighted by atomic mass is 9.91. The van der Waals surface area contributed by atoms with Gasteiger partial charge in [0.25, 0.3) is 0 Å². The maximum atomic E-state index is 6.43. The van der Waals surface area contributed by atoms with Crippen molar-refractivity contribution in [1.29, 1.82) is 0 Å². The first kappa shape index (κ1) is 14.4. The van der Waals surface area contributed by atoms with Crippen LogP contribution in [0.15, 0.2) is 24.3 Å². The monoisotopic (exact) mass is 261 g/mol. The van der Waals surface area contributed by atoms with Gasteiger partial charge in [0.15, 0.2) is 0 Å². The van der Waals surface area contributed by atoms with Crippen LogP contribution in [0.1, 0.15) is 57.6 Å². The highest BCUT2D eigenvalue weighted by Crippen LogP contribution is 2.39. The van der Waals surface area contributed by atoms with Crippen LogP contribution in [0, 0.1) is 11.8 Å². The molecule has 0 radical (unpaired) electrons. The van der Waals surface area contributed by atoms with E-state index in [1.165, 1.54) is 31.2 Å². The molecule has 0 heterocycles. The highest BCUT2D eigenvalue weighted by Gasteiger charge is 2.28. The molecule has 106 valence electrons. The molecule has 2 rings (SSSR count). The molecule has 1 saturated carbocycles.